The summed E-state index contributed by atoms with van der Waals surface area (Å²) in [6.07, 6.45) is 1.57. The van der Waals surface area contributed by atoms with E-state index in [1.54, 1.807) is 30.5 Å². The van der Waals surface area contributed by atoms with E-state index in [1.165, 1.54) is 6.07 Å². The highest BCUT2D eigenvalue weighted by Gasteiger charge is 2.30. The summed E-state index contributed by atoms with van der Waals surface area (Å²) in [6, 6.07) is 10.9. The van der Waals surface area contributed by atoms with Crippen molar-refractivity contribution >= 4 is 11.8 Å². The van der Waals surface area contributed by atoms with Gasteiger partial charge in [0.2, 0.25) is 0 Å². The molecule has 0 aliphatic rings. The molecule has 2 rings (SSSR count). The zero-order valence-corrected chi connectivity index (χ0v) is 10.3. The smallest absolute Gasteiger partial charge is 0.261 e. The van der Waals surface area contributed by atoms with Crippen LogP contribution in [0.5, 0.6) is 0 Å². The Balaban J connectivity index is 2.41. The number of hydrogen-bond acceptors (Lipinski definition) is 2. The monoisotopic (exact) mass is 268 g/mol. The number of rotatable bonds is 2. The van der Waals surface area contributed by atoms with Crippen molar-refractivity contribution in [2.75, 3.05) is 0 Å². The first kappa shape index (κ1) is 13.0. The van der Waals surface area contributed by atoms with E-state index < -0.39 is 5.51 Å². The van der Waals surface area contributed by atoms with Crippen LogP contribution in [-0.4, -0.2) is 10.5 Å². The predicted molar refractivity (Wildman–Crippen MR) is 65.2 cm³/mol. The van der Waals surface area contributed by atoms with Gasteiger partial charge in [0.15, 0.2) is 0 Å². The van der Waals surface area contributed by atoms with Crippen LogP contribution in [0.4, 0.5) is 13.2 Å². The second-order valence-electron chi connectivity index (χ2n) is 3.65. The molecule has 0 fully saturated rings. The van der Waals surface area contributed by atoms with Crippen LogP contribution < -0.4 is 0 Å². The molecule has 0 saturated heterocycles. The molecule has 1 nitrogen and oxygen atoms in total. The van der Waals surface area contributed by atoms with Crippen LogP contribution in [0.1, 0.15) is 5.69 Å². The first-order chi connectivity index (χ1) is 8.46. The maximum absolute atomic E-state index is 12.4. The lowest BCUT2D eigenvalue weighted by Gasteiger charge is -2.10. The Hall–Kier alpha value is -1.49. The summed E-state index contributed by atoms with van der Waals surface area (Å²) >= 11 is -0.157. The van der Waals surface area contributed by atoms with Crippen LogP contribution in [0.3, 0.4) is 0 Å². The van der Waals surface area contributed by atoms with Gasteiger partial charge in [-0.15, -0.1) is 0 Å². The quantitative estimate of drug-likeness (QED) is 0.745. The van der Waals surface area contributed by atoms with Crippen molar-refractivity contribution in [1.29, 1.82) is 0 Å². The van der Waals surface area contributed by atoms with Crippen molar-refractivity contribution in [3.8, 4) is 11.1 Å². The number of pyridine rings is 1. The molecule has 0 unspecified atom stereocenters. The van der Waals surface area contributed by atoms with E-state index in [9.17, 15) is 13.2 Å². The number of hydrogen-bond donors (Lipinski definition) is 0. The number of aromatic nitrogens is 1. The molecule has 0 aliphatic carbocycles. The summed E-state index contributed by atoms with van der Waals surface area (Å²) in [5.41, 5.74) is -2.34. The fourth-order valence-corrected chi connectivity index (χ4v) is 2.13. The summed E-state index contributed by atoms with van der Waals surface area (Å²) in [6.45, 7) is 1.83. The lowest BCUT2D eigenvalue weighted by molar-refractivity contribution is -0.0328. The highest BCUT2D eigenvalue weighted by molar-refractivity contribution is 8.00. The topological polar surface area (TPSA) is 12.9 Å². The van der Waals surface area contributed by atoms with E-state index in [-0.39, 0.29) is 16.7 Å². The average molecular weight is 268 g/mol. The molecule has 1 radical (unpaired) electrons. The minimum absolute atomic E-state index is 0.0654. The second kappa shape index (κ2) is 5.02. The maximum atomic E-state index is 12.4. The zero-order chi connectivity index (χ0) is 13.2. The first-order valence-corrected chi connectivity index (χ1v) is 5.97. The third-order valence-corrected chi connectivity index (χ3v) is 3.03. The van der Waals surface area contributed by atoms with Gasteiger partial charge in [-0.25, -0.2) is 0 Å². The van der Waals surface area contributed by atoms with Crippen LogP contribution >= 0.6 is 11.8 Å². The fourth-order valence-electron chi connectivity index (χ4n) is 1.48. The number of alkyl halides is 3. The molecule has 93 valence electrons. The lowest BCUT2D eigenvalue weighted by Crippen LogP contribution is -2.00. The molecule has 0 saturated carbocycles. The van der Waals surface area contributed by atoms with Crippen molar-refractivity contribution in [3.05, 3.63) is 48.3 Å². The van der Waals surface area contributed by atoms with Gasteiger partial charge in [-0.1, -0.05) is 24.3 Å². The van der Waals surface area contributed by atoms with Crippen LogP contribution in [0.2, 0.25) is 0 Å². The van der Waals surface area contributed by atoms with Gasteiger partial charge in [0.1, 0.15) is 0 Å². The van der Waals surface area contributed by atoms with Gasteiger partial charge in [-0.05, 0) is 36.4 Å². The summed E-state index contributed by atoms with van der Waals surface area (Å²) in [5, 5.41) is 0. The molecule has 2 aromatic rings. The Morgan fingerprint density at radius 3 is 2.61 bits per heavy atom. The van der Waals surface area contributed by atoms with Crippen molar-refractivity contribution in [2.24, 2.45) is 0 Å². The largest absolute Gasteiger partial charge is 0.446 e. The van der Waals surface area contributed by atoms with Gasteiger partial charge in [-0.3, -0.25) is 4.98 Å². The Bertz CT molecular complexity index is 535. The maximum Gasteiger partial charge on any atom is 0.446 e. The van der Waals surface area contributed by atoms with E-state index in [0.717, 1.165) is 5.69 Å². The Kier molecular flexibility index (Phi) is 3.61. The normalized spacial score (nSPS) is 11.6. The molecule has 0 bridgehead atoms. The minimum Gasteiger partial charge on any atom is -0.261 e. The molecule has 0 atom stereocenters. The van der Waals surface area contributed by atoms with Crippen molar-refractivity contribution < 1.29 is 13.2 Å². The Labute approximate surface area is 107 Å². The van der Waals surface area contributed by atoms with Crippen LogP contribution in [0.15, 0.2) is 41.4 Å². The molecule has 0 amide bonds. The van der Waals surface area contributed by atoms with Crippen LogP contribution in [0, 0.1) is 13.0 Å². The summed E-state index contributed by atoms with van der Waals surface area (Å²) in [4.78, 5) is 4.15. The molecule has 5 heteroatoms. The third kappa shape index (κ3) is 3.26. The molecule has 1 aromatic carbocycles. The molecule has 18 heavy (non-hydrogen) atoms. The molecule has 0 aliphatic heterocycles. The van der Waals surface area contributed by atoms with E-state index in [2.05, 4.69) is 11.1 Å². The van der Waals surface area contributed by atoms with Crippen molar-refractivity contribution in [3.63, 3.8) is 0 Å². The predicted octanol–water partition coefficient (Wildman–Crippen LogP) is 4.47. The highest BCUT2D eigenvalue weighted by atomic mass is 32.2. The summed E-state index contributed by atoms with van der Waals surface area (Å²) < 4.78 is 37.3. The summed E-state index contributed by atoms with van der Waals surface area (Å²) in [5.74, 6) is 0. The van der Waals surface area contributed by atoms with Gasteiger partial charge >= 0.3 is 5.51 Å². The van der Waals surface area contributed by atoms with E-state index in [1.807, 2.05) is 6.92 Å². The van der Waals surface area contributed by atoms with Gasteiger partial charge in [-0.2, -0.15) is 13.2 Å². The van der Waals surface area contributed by atoms with Gasteiger partial charge in [0, 0.05) is 22.3 Å². The Morgan fingerprint density at radius 1 is 1.22 bits per heavy atom. The molecule has 0 N–H and O–H groups in total. The molecular formula is C13H9F3NS. The first-order valence-electron chi connectivity index (χ1n) is 5.15. The lowest BCUT2D eigenvalue weighted by atomic mass is 10.1. The number of aryl methyl sites for hydroxylation is 1. The van der Waals surface area contributed by atoms with E-state index in [4.69, 9.17) is 0 Å². The highest BCUT2D eigenvalue weighted by Crippen LogP contribution is 2.41. The van der Waals surface area contributed by atoms with Gasteiger partial charge < -0.3 is 0 Å². The van der Waals surface area contributed by atoms with Crippen LogP contribution in [0.25, 0.3) is 11.1 Å². The zero-order valence-electron chi connectivity index (χ0n) is 9.45. The van der Waals surface area contributed by atoms with E-state index >= 15 is 0 Å². The average Bonchev–Trinajstić information content (AvgIpc) is 2.29. The SMILES string of the molecule is Cc1ccc(-c2ccc[c]c2SC(F)(F)F)cn1. The fraction of sp³-hybridized carbons (Fsp3) is 0.154. The molecular weight excluding hydrogens is 259 g/mol. The number of nitrogens with zero attached hydrogens (tertiary/aromatic N) is 1. The van der Waals surface area contributed by atoms with Gasteiger partial charge in [0.05, 0.1) is 0 Å². The number of thioether (sulfide) groups is 1. The molecule has 0 spiro atoms. The standard InChI is InChI=1S/C13H9F3NS/c1-9-6-7-10(8-17-9)11-4-2-3-5-12(11)18-13(14,15)16/h2-4,6-8H,1H3. The molecule has 1 aromatic heterocycles. The number of benzene rings is 1. The van der Waals surface area contributed by atoms with Gasteiger partial charge in [0.25, 0.3) is 0 Å². The summed E-state index contributed by atoms with van der Waals surface area (Å²) in [7, 11) is 0. The van der Waals surface area contributed by atoms with E-state index in [0.29, 0.717) is 11.1 Å². The second-order valence-corrected chi connectivity index (χ2v) is 4.72. The number of halogens is 3. The third-order valence-electron chi connectivity index (χ3n) is 2.26. The minimum atomic E-state index is -4.31. The van der Waals surface area contributed by atoms with Crippen molar-refractivity contribution in [2.45, 2.75) is 17.3 Å². The van der Waals surface area contributed by atoms with Crippen molar-refractivity contribution in [1.82, 2.24) is 4.98 Å². The molecule has 1 heterocycles. The van der Waals surface area contributed by atoms with Crippen LogP contribution in [-0.2, 0) is 0 Å². The Morgan fingerprint density at radius 2 is 2.00 bits per heavy atom.